The van der Waals surface area contributed by atoms with Gasteiger partial charge in [0.15, 0.2) is 5.13 Å². The minimum absolute atomic E-state index is 0.244. The number of aryl methyl sites for hydroxylation is 1. The molecule has 3 aromatic rings. The molecule has 1 aliphatic heterocycles. The summed E-state index contributed by atoms with van der Waals surface area (Å²) in [6.45, 7) is 2.71. The van der Waals surface area contributed by atoms with Crippen molar-refractivity contribution >= 4 is 42.6 Å². The number of benzene rings is 1. The van der Waals surface area contributed by atoms with Crippen LogP contribution in [0.25, 0.3) is 10.2 Å². The van der Waals surface area contributed by atoms with Gasteiger partial charge in [0.05, 0.1) is 28.7 Å². The Labute approximate surface area is 180 Å². The lowest BCUT2D eigenvalue weighted by atomic mass is 10.2. The van der Waals surface area contributed by atoms with Crippen molar-refractivity contribution in [2.24, 2.45) is 0 Å². The fraction of sp³-hybridized carbons (Fsp3) is 0.381. The maximum atomic E-state index is 13.6. The molecule has 1 saturated heterocycles. The number of amides is 1. The molecule has 7 nitrogen and oxygen atoms in total. The van der Waals surface area contributed by atoms with Crippen LogP contribution < -0.4 is 4.90 Å². The summed E-state index contributed by atoms with van der Waals surface area (Å²) in [6, 6.07) is 10.9. The van der Waals surface area contributed by atoms with Crippen molar-refractivity contribution in [1.82, 2.24) is 14.3 Å². The van der Waals surface area contributed by atoms with Crippen LogP contribution in [0.2, 0.25) is 0 Å². The number of hydrogen-bond acceptors (Lipinski definition) is 6. The summed E-state index contributed by atoms with van der Waals surface area (Å²) in [4.78, 5) is 24.2. The Hall–Kier alpha value is -2.36. The van der Waals surface area contributed by atoms with Gasteiger partial charge in [-0.25, -0.2) is 13.4 Å². The van der Waals surface area contributed by atoms with Gasteiger partial charge < -0.3 is 0 Å². The molecule has 1 atom stereocenters. The lowest BCUT2D eigenvalue weighted by molar-refractivity contribution is -0.121. The van der Waals surface area contributed by atoms with E-state index < -0.39 is 16.1 Å². The normalized spacial score (nSPS) is 17.5. The fourth-order valence-electron chi connectivity index (χ4n) is 3.75. The Balaban J connectivity index is 1.74. The van der Waals surface area contributed by atoms with Crippen LogP contribution in [0.1, 0.15) is 31.0 Å². The SMILES string of the molecule is CCc1ccc2nc(N(Cc3ccccn3)C(=O)C3CCCN3S(C)(=O)=O)sc2c1. The molecule has 0 saturated carbocycles. The van der Waals surface area contributed by atoms with E-state index in [-0.39, 0.29) is 12.5 Å². The van der Waals surface area contributed by atoms with Gasteiger partial charge in [0, 0.05) is 12.7 Å². The molecular weight excluding hydrogens is 420 g/mol. The average molecular weight is 445 g/mol. The largest absolute Gasteiger partial charge is 0.281 e. The summed E-state index contributed by atoms with van der Waals surface area (Å²) in [7, 11) is -3.47. The molecule has 0 spiro atoms. The zero-order chi connectivity index (χ0) is 21.3. The predicted octanol–water partition coefficient (Wildman–Crippen LogP) is 3.21. The van der Waals surface area contributed by atoms with Crippen LogP contribution in [0.3, 0.4) is 0 Å². The third-order valence-corrected chi connectivity index (χ3v) is 7.64. The van der Waals surface area contributed by atoms with E-state index in [0.717, 1.165) is 28.6 Å². The van der Waals surface area contributed by atoms with Crippen molar-refractivity contribution < 1.29 is 13.2 Å². The van der Waals surface area contributed by atoms with Crippen LogP contribution >= 0.6 is 11.3 Å². The van der Waals surface area contributed by atoms with Crippen LogP contribution in [0, 0.1) is 0 Å². The van der Waals surface area contributed by atoms with Gasteiger partial charge >= 0.3 is 0 Å². The first-order valence-corrected chi connectivity index (χ1v) is 12.6. The second-order valence-electron chi connectivity index (χ2n) is 7.43. The highest BCUT2D eigenvalue weighted by Gasteiger charge is 2.39. The molecule has 3 heterocycles. The van der Waals surface area contributed by atoms with Gasteiger partial charge in [-0.15, -0.1) is 0 Å². The molecule has 1 aromatic carbocycles. The van der Waals surface area contributed by atoms with Crippen molar-refractivity contribution in [3.05, 3.63) is 53.9 Å². The van der Waals surface area contributed by atoms with E-state index in [1.807, 2.05) is 30.3 Å². The quantitative estimate of drug-likeness (QED) is 0.583. The van der Waals surface area contributed by atoms with Crippen LogP contribution in [0.4, 0.5) is 5.13 Å². The smallest absolute Gasteiger partial charge is 0.247 e. The van der Waals surface area contributed by atoms with E-state index in [4.69, 9.17) is 4.98 Å². The van der Waals surface area contributed by atoms with Crippen LogP contribution in [-0.4, -0.2) is 47.4 Å². The number of pyridine rings is 1. The first kappa shape index (κ1) is 20.9. The zero-order valence-electron chi connectivity index (χ0n) is 17.0. The number of fused-ring (bicyclic) bond motifs is 1. The summed E-state index contributed by atoms with van der Waals surface area (Å²) in [5.41, 5.74) is 2.76. The highest BCUT2D eigenvalue weighted by molar-refractivity contribution is 7.88. The minimum atomic E-state index is -3.47. The summed E-state index contributed by atoms with van der Waals surface area (Å²) in [6.07, 6.45) is 4.94. The van der Waals surface area contributed by atoms with E-state index in [9.17, 15) is 13.2 Å². The Kier molecular flexibility index (Phi) is 5.86. The van der Waals surface area contributed by atoms with E-state index in [1.54, 1.807) is 11.1 Å². The molecule has 1 fully saturated rings. The molecule has 1 unspecified atom stereocenters. The molecule has 0 N–H and O–H groups in total. The molecule has 0 aliphatic carbocycles. The third kappa shape index (κ3) is 4.23. The van der Waals surface area contributed by atoms with Crippen LogP contribution in [-0.2, 0) is 27.8 Å². The third-order valence-electron chi connectivity index (χ3n) is 5.31. The van der Waals surface area contributed by atoms with Crippen LogP contribution in [0.5, 0.6) is 0 Å². The van der Waals surface area contributed by atoms with Crippen molar-refractivity contribution in [3.8, 4) is 0 Å². The predicted molar refractivity (Wildman–Crippen MR) is 119 cm³/mol. The van der Waals surface area contributed by atoms with Crippen molar-refractivity contribution in [1.29, 1.82) is 0 Å². The number of anilines is 1. The molecular formula is C21H24N4O3S2. The monoisotopic (exact) mass is 444 g/mol. The maximum absolute atomic E-state index is 13.6. The summed E-state index contributed by atoms with van der Waals surface area (Å²) < 4.78 is 26.7. The van der Waals surface area contributed by atoms with Gasteiger partial charge in [-0.1, -0.05) is 30.4 Å². The standard InChI is InChI=1S/C21H24N4O3S2/c1-3-15-9-10-17-19(13-15)29-21(23-17)24(14-16-7-4-5-11-22-16)20(26)18-8-6-12-25(18)30(2,27)28/h4-5,7,9-11,13,18H,3,6,8,12,14H2,1-2H3. The summed E-state index contributed by atoms with van der Waals surface area (Å²) >= 11 is 1.45. The Morgan fingerprint density at radius 2 is 2.13 bits per heavy atom. The second-order valence-corrected chi connectivity index (χ2v) is 10.4. The van der Waals surface area contributed by atoms with Gasteiger partial charge in [-0.2, -0.15) is 4.31 Å². The molecule has 1 aliphatic rings. The Morgan fingerprint density at radius 3 is 2.83 bits per heavy atom. The minimum Gasteiger partial charge on any atom is -0.281 e. The Bertz CT molecular complexity index is 1160. The first-order chi connectivity index (χ1) is 14.4. The molecule has 2 aromatic heterocycles. The maximum Gasteiger partial charge on any atom is 0.247 e. The number of nitrogens with zero attached hydrogens (tertiary/aromatic N) is 4. The number of sulfonamides is 1. The van der Waals surface area contributed by atoms with Gasteiger partial charge in [0.2, 0.25) is 15.9 Å². The highest BCUT2D eigenvalue weighted by atomic mass is 32.2. The molecule has 0 radical (unpaired) electrons. The Morgan fingerprint density at radius 1 is 1.30 bits per heavy atom. The van der Waals surface area contributed by atoms with Gasteiger partial charge in [-0.3, -0.25) is 14.7 Å². The van der Waals surface area contributed by atoms with E-state index in [1.165, 1.54) is 21.2 Å². The fourth-order valence-corrected chi connectivity index (χ4v) is 5.90. The van der Waals surface area contributed by atoms with E-state index in [0.29, 0.717) is 24.5 Å². The number of carbonyl (C=O) groups is 1. The molecule has 0 bridgehead atoms. The average Bonchev–Trinajstić information content (AvgIpc) is 3.38. The molecule has 158 valence electrons. The second kappa shape index (κ2) is 8.41. The number of thiazole rings is 1. The lowest BCUT2D eigenvalue weighted by Gasteiger charge is -2.27. The molecule has 30 heavy (non-hydrogen) atoms. The number of carbonyl (C=O) groups excluding carboxylic acids is 1. The number of hydrogen-bond donors (Lipinski definition) is 0. The molecule has 9 heteroatoms. The van der Waals surface area contributed by atoms with Gasteiger partial charge in [0.1, 0.15) is 6.04 Å². The highest BCUT2D eigenvalue weighted by Crippen LogP contribution is 2.33. The van der Waals surface area contributed by atoms with Gasteiger partial charge in [-0.05, 0) is 49.1 Å². The first-order valence-electron chi connectivity index (χ1n) is 9.94. The van der Waals surface area contributed by atoms with E-state index in [2.05, 4.69) is 18.0 Å². The summed E-state index contributed by atoms with van der Waals surface area (Å²) in [5, 5.41) is 0.564. The topological polar surface area (TPSA) is 83.5 Å². The van der Waals surface area contributed by atoms with Crippen molar-refractivity contribution in [2.75, 3.05) is 17.7 Å². The molecule has 4 rings (SSSR count). The zero-order valence-corrected chi connectivity index (χ0v) is 18.6. The number of rotatable bonds is 6. The summed E-state index contributed by atoms with van der Waals surface area (Å²) in [5.74, 6) is -0.252. The van der Waals surface area contributed by atoms with Crippen LogP contribution in [0.15, 0.2) is 42.6 Å². The van der Waals surface area contributed by atoms with Crippen molar-refractivity contribution in [3.63, 3.8) is 0 Å². The number of aromatic nitrogens is 2. The van der Waals surface area contributed by atoms with E-state index >= 15 is 0 Å². The lowest BCUT2D eigenvalue weighted by Crippen LogP contribution is -2.47. The molecule has 1 amide bonds. The van der Waals surface area contributed by atoms with Gasteiger partial charge in [0.25, 0.3) is 0 Å². The van der Waals surface area contributed by atoms with Crippen molar-refractivity contribution in [2.45, 2.75) is 38.8 Å².